The summed E-state index contributed by atoms with van der Waals surface area (Å²) in [5.41, 5.74) is 0. The molecule has 3 nitrogen and oxygen atoms in total. The van der Waals surface area contributed by atoms with E-state index in [-0.39, 0.29) is 5.91 Å². The van der Waals surface area contributed by atoms with Gasteiger partial charge in [-0.1, -0.05) is 26.7 Å². The molecular weight excluding hydrogens is 212 g/mol. The van der Waals surface area contributed by atoms with Gasteiger partial charge in [-0.25, -0.2) is 0 Å². The van der Waals surface area contributed by atoms with E-state index in [2.05, 4.69) is 19.2 Å². The van der Waals surface area contributed by atoms with Crippen LogP contribution in [0.2, 0.25) is 0 Å². The number of likely N-dealkylation sites (N-methyl/N-ethyl adjacent to an activating group) is 1. The average molecular weight is 238 g/mol. The van der Waals surface area contributed by atoms with Crippen molar-refractivity contribution < 1.29 is 4.79 Å². The maximum atomic E-state index is 11.9. The summed E-state index contributed by atoms with van der Waals surface area (Å²) in [6.45, 7) is 5.17. The van der Waals surface area contributed by atoms with Crippen molar-refractivity contribution in [3.05, 3.63) is 0 Å². The lowest BCUT2D eigenvalue weighted by atomic mass is 9.78. The fourth-order valence-corrected chi connectivity index (χ4v) is 2.88. The number of hydrogen-bond donors (Lipinski definition) is 1. The third-order valence-corrected chi connectivity index (χ3v) is 4.71. The number of carbonyl (C=O) groups excluding carboxylic acids is 1. The molecule has 2 rings (SSSR count). The Morgan fingerprint density at radius 1 is 1.24 bits per heavy atom. The summed E-state index contributed by atoms with van der Waals surface area (Å²) in [6, 6.07) is 1.07. The lowest BCUT2D eigenvalue weighted by Crippen LogP contribution is -2.45. The van der Waals surface area contributed by atoms with E-state index < -0.39 is 0 Å². The molecule has 2 saturated carbocycles. The van der Waals surface area contributed by atoms with Crippen molar-refractivity contribution in [3.63, 3.8) is 0 Å². The zero-order valence-corrected chi connectivity index (χ0v) is 11.4. The highest BCUT2D eigenvalue weighted by Gasteiger charge is 2.31. The Morgan fingerprint density at radius 3 is 2.59 bits per heavy atom. The lowest BCUT2D eigenvalue weighted by molar-refractivity contribution is -0.129. The van der Waals surface area contributed by atoms with Crippen LogP contribution >= 0.6 is 0 Å². The highest BCUT2D eigenvalue weighted by molar-refractivity contribution is 5.78. The molecule has 0 aromatic carbocycles. The Morgan fingerprint density at radius 2 is 1.94 bits per heavy atom. The fraction of sp³-hybridized carbons (Fsp3) is 0.929. The Hall–Kier alpha value is -0.570. The highest BCUT2D eigenvalue weighted by atomic mass is 16.2. The summed E-state index contributed by atoms with van der Waals surface area (Å²) in [6.07, 6.45) is 6.26. The van der Waals surface area contributed by atoms with E-state index in [1.807, 2.05) is 11.9 Å². The summed E-state index contributed by atoms with van der Waals surface area (Å²) in [4.78, 5) is 13.8. The van der Waals surface area contributed by atoms with Crippen molar-refractivity contribution in [1.82, 2.24) is 10.2 Å². The zero-order valence-electron chi connectivity index (χ0n) is 11.4. The van der Waals surface area contributed by atoms with Crippen LogP contribution in [0.1, 0.15) is 46.0 Å². The minimum atomic E-state index is 0.262. The lowest BCUT2D eigenvalue weighted by Gasteiger charge is -2.35. The second kappa shape index (κ2) is 5.38. The van der Waals surface area contributed by atoms with Gasteiger partial charge in [0.25, 0.3) is 0 Å². The molecule has 0 saturated heterocycles. The monoisotopic (exact) mass is 238 g/mol. The van der Waals surface area contributed by atoms with Crippen LogP contribution in [-0.2, 0) is 4.79 Å². The van der Waals surface area contributed by atoms with E-state index in [1.54, 1.807) is 0 Å². The van der Waals surface area contributed by atoms with Crippen LogP contribution in [0.5, 0.6) is 0 Å². The molecule has 98 valence electrons. The van der Waals surface area contributed by atoms with Gasteiger partial charge in [-0.2, -0.15) is 0 Å². The molecule has 2 aliphatic carbocycles. The molecule has 1 N–H and O–H groups in total. The maximum absolute atomic E-state index is 11.9. The van der Waals surface area contributed by atoms with Crippen molar-refractivity contribution in [2.24, 2.45) is 11.8 Å². The first-order valence-corrected chi connectivity index (χ1v) is 7.08. The van der Waals surface area contributed by atoms with Crippen LogP contribution in [0.15, 0.2) is 0 Å². The molecule has 3 heteroatoms. The van der Waals surface area contributed by atoms with Crippen LogP contribution in [0, 0.1) is 11.8 Å². The molecular formula is C14H26N2O. The van der Waals surface area contributed by atoms with Crippen molar-refractivity contribution in [1.29, 1.82) is 0 Å². The predicted octanol–water partition coefficient (Wildman–Crippen LogP) is 2.02. The molecule has 0 radical (unpaired) electrons. The van der Waals surface area contributed by atoms with Crippen molar-refractivity contribution in [2.75, 3.05) is 13.6 Å². The standard InChI is InChI=1S/C14H26N2O/c1-10-5-4-6-13(11(10)2)15-9-14(17)16(3)12-7-8-12/h10-13,15H,4-9H2,1-3H3. The first-order chi connectivity index (χ1) is 8.09. The summed E-state index contributed by atoms with van der Waals surface area (Å²) in [5, 5.41) is 3.47. The van der Waals surface area contributed by atoms with Crippen LogP contribution in [-0.4, -0.2) is 36.5 Å². The summed E-state index contributed by atoms with van der Waals surface area (Å²) >= 11 is 0. The SMILES string of the molecule is CC1CCCC(NCC(=O)N(C)C2CC2)C1C. The molecule has 17 heavy (non-hydrogen) atoms. The molecule has 2 fully saturated rings. The van der Waals surface area contributed by atoms with Crippen LogP contribution in [0.25, 0.3) is 0 Å². The van der Waals surface area contributed by atoms with Gasteiger partial charge in [0.05, 0.1) is 6.54 Å². The number of nitrogens with one attached hydrogen (secondary N) is 1. The predicted molar refractivity (Wildman–Crippen MR) is 69.8 cm³/mol. The van der Waals surface area contributed by atoms with Crippen molar-refractivity contribution >= 4 is 5.91 Å². The number of rotatable bonds is 4. The number of carbonyl (C=O) groups is 1. The van der Waals surface area contributed by atoms with Gasteiger partial charge in [-0.15, -0.1) is 0 Å². The zero-order chi connectivity index (χ0) is 12.4. The molecule has 0 heterocycles. The molecule has 3 unspecified atom stereocenters. The second-order valence-corrected chi connectivity index (χ2v) is 5.99. The Labute approximate surface area is 105 Å². The van der Waals surface area contributed by atoms with Gasteiger partial charge < -0.3 is 10.2 Å². The van der Waals surface area contributed by atoms with E-state index in [4.69, 9.17) is 0 Å². The maximum Gasteiger partial charge on any atom is 0.236 e. The van der Waals surface area contributed by atoms with Gasteiger partial charge in [-0.05, 0) is 31.1 Å². The van der Waals surface area contributed by atoms with E-state index in [9.17, 15) is 4.79 Å². The molecule has 0 aliphatic heterocycles. The van der Waals surface area contributed by atoms with Crippen LogP contribution < -0.4 is 5.32 Å². The quantitative estimate of drug-likeness (QED) is 0.812. The van der Waals surface area contributed by atoms with E-state index in [0.717, 1.165) is 5.92 Å². The number of nitrogens with zero attached hydrogens (tertiary/aromatic N) is 1. The molecule has 0 aromatic rings. The third kappa shape index (κ3) is 3.21. The van der Waals surface area contributed by atoms with Crippen LogP contribution in [0.4, 0.5) is 0 Å². The third-order valence-electron chi connectivity index (χ3n) is 4.71. The highest BCUT2D eigenvalue weighted by Crippen LogP contribution is 2.29. The van der Waals surface area contributed by atoms with Gasteiger partial charge in [-0.3, -0.25) is 4.79 Å². The summed E-state index contributed by atoms with van der Waals surface area (Å²) in [7, 11) is 1.94. The largest absolute Gasteiger partial charge is 0.342 e. The summed E-state index contributed by atoms with van der Waals surface area (Å²) < 4.78 is 0. The minimum absolute atomic E-state index is 0.262. The second-order valence-electron chi connectivity index (χ2n) is 5.99. The molecule has 1 amide bonds. The average Bonchev–Trinajstić information content (AvgIpc) is 3.13. The topological polar surface area (TPSA) is 32.3 Å². The minimum Gasteiger partial charge on any atom is -0.342 e. The van der Waals surface area contributed by atoms with Crippen molar-refractivity contribution in [2.45, 2.75) is 58.0 Å². The van der Waals surface area contributed by atoms with Gasteiger partial charge in [0.1, 0.15) is 0 Å². The van der Waals surface area contributed by atoms with Gasteiger partial charge in [0.15, 0.2) is 0 Å². The normalized spacial score (nSPS) is 33.5. The molecule has 3 atom stereocenters. The molecule has 2 aliphatic rings. The van der Waals surface area contributed by atoms with E-state index in [1.165, 1.54) is 32.1 Å². The molecule has 0 aromatic heterocycles. The van der Waals surface area contributed by atoms with Crippen LogP contribution in [0.3, 0.4) is 0 Å². The smallest absolute Gasteiger partial charge is 0.236 e. The van der Waals surface area contributed by atoms with Gasteiger partial charge in [0, 0.05) is 19.1 Å². The Kier molecular flexibility index (Phi) is 4.08. The van der Waals surface area contributed by atoms with E-state index in [0.29, 0.717) is 24.5 Å². The summed E-state index contributed by atoms with van der Waals surface area (Å²) in [5.74, 6) is 1.75. The Bertz CT molecular complexity index is 275. The number of amides is 1. The van der Waals surface area contributed by atoms with Gasteiger partial charge in [0.2, 0.25) is 5.91 Å². The van der Waals surface area contributed by atoms with Crippen molar-refractivity contribution in [3.8, 4) is 0 Å². The first kappa shape index (κ1) is 12.9. The van der Waals surface area contributed by atoms with Gasteiger partial charge >= 0.3 is 0 Å². The number of hydrogen-bond acceptors (Lipinski definition) is 2. The van der Waals surface area contributed by atoms with E-state index >= 15 is 0 Å². The molecule has 0 bridgehead atoms. The Balaban J connectivity index is 1.74. The fourth-order valence-electron chi connectivity index (χ4n) is 2.88. The first-order valence-electron chi connectivity index (χ1n) is 7.08. The molecule has 0 spiro atoms.